The van der Waals surface area contributed by atoms with E-state index in [1.54, 1.807) is 10.6 Å². The maximum Gasteiger partial charge on any atom is 0.272 e. The third kappa shape index (κ3) is 3.16. The number of aryl methyl sites for hydroxylation is 1. The maximum atomic E-state index is 13.1. The normalized spacial score (nSPS) is 10.5. The molecular formula is C13H11BrClFN2O. The minimum absolute atomic E-state index is 0.256. The first-order chi connectivity index (χ1) is 9.01. The first kappa shape index (κ1) is 14.1. The van der Waals surface area contributed by atoms with Crippen LogP contribution in [0.15, 0.2) is 34.9 Å². The minimum atomic E-state index is -0.452. The summed E-state index contributed by atoms with van der Waals surface area (Å²) in [7, 11) is 0. The molecule has 2 rings (SSSR count). The number of hydrogen-bond donors (Lipinski definition) is 1. The Morgan fingerprint density at radius 1 is 1.47 bits per heavy atom. The van der Waals surface area contributed by atoms with Crippen LogP contribution in [-0.2, 0) is 6.54 Å². The van der Waals surface area contributed by atoms with Gasteiger partial charge in [-0.15, -0.1) is 0 Å². The molecule has 0 aliphatic carbocycles. The molecule has 3 nitrogen and oxygen atoms in total. The molecule has 0 fully saturated rings. The second kappa shape index (κ2) is 5.75. The third-order valence-corrected chi connectivity index (χ3v) is 3.38. The van der Waals surface area contributed by atoms with Gasteiger partial charge in [0.05, 0.1) is 10.7 Å². The fraction of sp³-hybridized carbons (Fsp3) is 0.154. The number of hydrogen-bond acceptors (Lipinski definition) is 1. The Hall–Kier alpha value is -1.33. The molecule has 1 aromatic carbocycles. The lowest BCUT2D eigenvalue weighted by Crippen LogP contribution is -2.16. The quantitative estimate of drug-likeness (QED) is 0.883. The predicted octanol–water partition coefficient (Wildman–Crippen LogP) is 4.32. The van der Waals surface area contributed by atoms with Crippen molar-refractivity contribution < 1.29 is 9.18 Å². The highest BCUT2D eigenvalue weighted by Gasteiger charge is 2.14. The highest BCUT2D eigenvalue weighted by atomic mass is 79.9. The summed E-state index contributed by atoms with van der Waals surface area (Å²) in [6.07, 6.45) is 1.81. The first-order valence-electron chi connectivity index (χ1n) is 5.63. The lowest BCUT2D eigenvalue weighted by Gasteiger charge is -2.09. The van der Waals surface area contributed by atoms with Crippen LogP contribution >= 0.6 is 27.5 Å². The molecule has 0 unspecified atom stereocenters. The van der Waals surface area contributed by atoms with E-state index in [0.29, 0.717) is 17.3 Å². The molecule has 2 aromatic rings. The van der Waals surface area contributed by atoms with E-state index in [9.17, 15) is 9.18 Å². The summed E-state index contributed by atoms with van der Waals surface area (Å²) in [6.45, 7) is 2.59. The monoisotopic (exact) mass is 344 g/mol. The van der Waals surface area contributed by atoms with Crippen LogP contribution in [0.1, 0.15) is 17.4 Å². The van der Waals surface area contributed by atoms with Gasteiger partial charge in [-0.25, -0.2) is 4.39 Å². The number of benzene rings is 1. The average Bonchev–Trinajstić information content (AvgIpc) is 2.75. The van der Waals surface area contributed by atoms with E-state index in [4.69, 9.17) is 11.6 Å². The molecular weight excluding hydrogens is 335 g/mol. The summed E-state index contributed by atoms with van der Waals surface area (Å²) >= 11 is 9.23. The molecule has 1 aromatic heterocycles. The number of halogens is 3. The molecule has 19 heavy (non-hydrogen) atoms. The van der Waals surface area contributed by atoms with E-state index in [1.165, 1.54) is 18.2 Å². The van der Waals surface area contributed by atoms with Gasteiger partial charge in [0.2, 0.25) is 0 Å². The Labute approximate surface area is 123 Å². The van der Waals surface area contributed by atoms with Crippen molar-refractivity contribution in [1.82, 2.24) is 4.57 Å². The van der Waals surface area contributed by atoms with Crippen molar-refractivity contribution >= 4 is 39.1 Å². The van der Waals surface area contributed by atoms with Gasteiger partial charge < -0.3 is 9.88 Å². The Balaban J connectivity index is 2.27. The van der Waals surface area contributed by atoms with Gasteiger partial charge in [-0.3, -0.25) is 4.79 Å². The number of amides is 1. The van der Waals surface area contributed by atoms with Crippen LogP contribution in [0.5, 0.6) is 0 Å². The summed E-state index contributed by atoms with van der Waals surface area (Å²) in [5.74, 6) is -0.785. The van der Waals surface area contributed by atoms with E-state index in [-0.39, 0.29) is 11.6 Å². The number of nitrogens with one attached hydrogen (secondary N) is 1. The molecule has 0 radical (unpaired) electrons. The zero-order valence-corrected chi connectivity index (χ0v) is 12.4. The minimum Gasteiger partial charge on any atom is -0.343 e. The van der Waals surface area contributed by atoms with E-state index >= 15 is 0 Å². The standard InChI is InChI=1S/C13H11BrClFN2O/c1-2-18-7-8(14)5-12(18)13(19)17-11-6-9(16)3-4-10(11)15/h3-7H,2H2,1H3,(H,17,19). The second-order valence-electron chi connectivity index (χ2n) is 3.91. The van der Waals surface area contributed by atoms with Gasteiger partial charge >= 0.3 is 0 Å². The average molecular weight is 346 g/mol. The molecule has 0 saturated heterocycles. The molecule has 1 N–H and O–H groups in total. The number of rotatable bonds is 3. The zero-order chi connectivity index (χ0) is 14.0. The fourth-order valence-electron chi connectivity index (χ4n) is 1.71. The van der Waals surface area contributed by atoms with Crippen molar-refractivity contribution in [3.05, 3.63) is 51.5 Å². The van der Waals surface area contributed by atoms with E-state index in [0.717, 1.165) is 4.47 Å². The molecule has 1 amide bonds. The van der Waals surface area contributed by atoms with Gasteiger partial charge in [0, 0.05) is 17.2 Å². The second-order valence-corrected chi connectivity index (χ2v) is 5.23. The molecule has 0 bridgehead atoms. The topological polar surface area (TPSA) is 34.0 Å². The van der Waals surface area contributed by atoms with Gasteiger partial charge in [0.15, 0.2) is 0 Å². The molecule has 0 saturated carbocycles. The lowest BCUT2D eigenvalue weighted by atomic mass is 10.3. The fourth-order valence-corrected chi connectivity index (χ4v) is 2.34. The number of anilines is 1. The summed E-state index contributed by atoms with van der Waals surface area (Å²) in [4.78, 5) is 12.1. The summed E-state index contributed by atoms with van der Waals surface area (Å²) in [6, 6.07) is 5.53. The largest absolute Gasteiger partial charge is 0.343 e. The Morgan fingerprint density at radius 2 is 2.21 bits per heavy atom. The number of carbonyl (C=O) groups excluding carboxylic acids is 1. The maximum absolute atomic E-state index is 13.1. The van der Waals surface area contributed by atoms with Gasteiger partial charge in [0.25, 0.3) is 5.91 Å². The Bertz CT molecular complexity index is 627. The van der Waals surface area contributed by atoms with Crippen molar-refractivity contribution in [2.75, 3.05) is 5.32 Å². The SMILES string of the molecule is CCn1cc(Br)cc1C(=O)Nc1cc(F)ccc1Cl. The van der Waals surface area contributed by atoms with Crippen LogP contribution in [0.4, 0.5) is 10.1 Å². The van der Waals surface area contributed by atoms with Crippen LogP contribution in [-0.4, -0.2) is 10.5 Å². The summed E-state index contributed by atoms with van der Waals surface area (Å²) in [5, 5.41) is 2.90. The van der Waals surface area contributed by atoms with Crippen molar-refractivity contribution in [3.63, 3.8) is 0 Å². The van der Waals surface area contributed by atoms with Crippen LogP contribution < -0.4 is 5.32 Å². The van der Waals surface area contributed by atoms with Gasteiger partial charge in [-0.05, 0) is 47.1 Å². The summed E-state index contributed by atoms with van der Waals surface area (Å²) < 4.78 is 15.7. The molecule has 0 aliphatic heterocycles. The number of aromatic nitrogens is 1. The van der Waals surface area contributed by atoms with Crippen molar-refractivity contribution in [3.8, 4) is 0 Å². The zero-order valence-electron chi connectivity index (χ0n) is 10.1. The van der Waals surface area contributed by atoms with E-state index in [1.807, 2.05) is 13.1 Å². The predicted molar refractivity (Wildman–Crippen MR) is 77.2 cm³/mol. The third-order valence-electron chi connectivity index (χ3n) is 2.61. The molecule has 0 atom stereocenters. The van der Waals surface area contributed by atoms with Crippen LogP contribution in [0, 0.1) is 5.82 Å². The van der Waals surface area contributed by atoms with Crippen molar-refractivity contribution in [2.24, 2.45) is 0 Å². The van der Waals surface area contributed by atoms with E-state index in [2.05, 4.69) is 21.2 Å². The highest BCUT2D eigenvalue weighted by molar-refractivity contribution is 9.10. The molecule has 1 heterocycles. The first-order valence-corrected chi connectivity index (χ1v) is 6.80. The molecule has 0 aliphatic rings. The highest BCUT2D eigenvalue weighted by Crippen LogP contribution is 2.24. The smallest absolute Gasteiger partial charge is 0.272 e. The number of carbonyl (C=O) groups is 1. The van der Waals surface area contributed by atoms with Gasteiger partial charge in [0.1, 0.15) is 11.5 Å². The Kier molecular flexibility index (Phi) is 4.27. The summed E-state index contributed by atoms with van der Waals surface area (Å²) in [5.41, 5.74) is 0.737. The van der Waals surface area contributed by atoms with Crippen LogP contribution in [0.3, 0.4) is 0 Å². The van der Waals surface area contributed by atoms with Gasteiger partial charge in [-0.1, -0.05) is 11.6 Å². The van der Waals surface area contributed by atoms with E-state index < -0.39 is 5.82 Å². The molecule has 6 heteroatoms. The van der Waals surface area contributed by atoms with Crippen molar-refractivity contribution in [1.29, 1.82) is 0 Å². The van der Waals surface area contributed by atoms with Crippen LogP contribution in [0.25, 0.3) is 0 Å². The molecule has 0 spiro atoms. The lowest BCUT2D eigenvalue weighted by molar-refractivity contribution is 0.101. The number of nitrogens with zero attached hydrogens (tertiary/aromatic N) is 1. The molecule has 100 valence electrons. The van der Waals surface area contributed by atoms with Crippen molar-refractivity contribution in [2.45, 2.75) is 13.5 Å². The van der Waals surface area contributed by atoms with Gasteiger partial charge in [-0.2, -0.15) is 0 Å². The van der Waals surface area contributed by atoms with Crippen LogP contribution in [0.2, 0.25) is 5.02 Å². The Morgan fingerprint density at radius 3 is 2.89 bits per heavy atom.